The molecule has 2 unspecified atom stereocenters. The monoisotopic (exact) mass is 227 g/mol. The zero-order chi connectivity index (χ0) is 11.3. The van der Waals surface area contributed by atoms with Crippen LogP contribution in [-0.4, -0.2) is 36.1 Å². The Balaban J connectivity index is 2.75. The van der Waals surface area contributed by atoms with Crippen molar-refractivity contribution in [3.63, 3.8) is 0 Å². The van der Waals surface area contributed by atoms with Gasteiger partial charge < -0.3 is 10.0 Å². The summed E-state index contributed by atoms with van der Waals surface area (Å²) < 4.78 is 0. The largest absolute Gasteiger partial charge is 0.392 e. The molecule has 15 heavy (non-hydrogen) atoms. The van der Waals surface area contributed by atoms with Crippen LogP contribution in [0.1, 0.15) is 18.0 Å². The van der Waals surface area contributed by atoms with Gasteiger partial charge in [0, 0.05) is 11.9 Å². The molecule has 84 valence electrons. The van der Waals surface area contributed by atoms with Crippen LogP contribution < -0.4 is 0 Å². The highest BCUT2D eigenvalue weighted by Crippen LogP contribution is 2.23. The van der Waals surface area contributed by atoms with Crippen LogP contribution in [0.5, 0.6) is 0 Å². The van der Waals surface area contributed by atoms with E-state index < -0.39 is 6.10 Å². The molecule has 0 aliphatic heterocycles. The molecule has 1 N–H and O–H groups in total. The Morgan fingerprint density at radius 1 is 1.27 bits per heavy atom. The third kappa shape index (κ3) is 3.82. The van der Waals surface area contributed by atoms with Gasteiger partial charge in [-0.15, -0.1) is 11.6 Å². The Bertz CT molecular complexity index is 276. The lowest BCUT2D eigenvalue weighted by atomic mass is 10.0. The molecule has 0 aliphatic carbocycles. The quantitative estimate of drug-likeness (QED) is 0.781. The number of halogens is 1. The van der Waals surface area contributed by atoms with Crippen LogP contribution in [0, 0.1) is 0 Å². The standard InChI is InChI=1S/C12H18ClNO/c1-14(2)12(8-11(15)9-13)10-6-4-3-5-7-10/h3-7,11-12,15H,8-9H2,1-2H3. The second-order valence-corrected chi connectivity index (χ2v) is 4.24. The summed E-state index contributed by atoms with van der Waals surface area (Å²) in [6.07, 6.45) is 0.222. The summed E-state index contributed by atoms with van der Waals surface area (Å²) in [7, 11) is 4.03. The van der Waals surface area contributed by atoms with Gasteiger partial charge in [-0.05, 0) is 26.1 Å². The molecule has 3 heteroatoms. The first-order valence-corrected chi connectivity index (χ1v) is 5.64. The normalized spacial score (nSPS) is 15.3. The molecule has 0 heterocycles. The topological polar surface area (TPSA) is 23.5 Å². The fraction of sp³-hybridized carbons (Fsp3) is 0.500. The molecule has 0 spiro atoms. The molecule has 0 aromatic heterocycles. The summed E-state index contributed by atoms with van der Waals surface area (Å²) in [5, 5.41) is 9.58. The number of nitrogens with zero attached hydrogens (tertiary/aromatic N) is 1. The summed E-state index contributed by atoms with van der Waals surface area (Å²) in [6.45, 7) is 0. The second kappa shape index (κ2) is 6.11. The third-order valence-electron chi connectivity index (χ3n) is 2.48. The van der Waals surface area contributed by atoms with Gasteiger partial charge in [-0.25, -0.2) is 0 Å². The van der Waals surface area contributed by atoms with Gasteiger partial charge in [-0.3, -0.25) is 0 Å². The van der Waals surface area contributed by atoms with Crippen molar-refractivity contribution in [3.8, 4) is 0 Å². The first kappa shape index (κ1) is 12.5. The van der Waals surface area contributed by atoms with E-state index in [2.05, 4.69) is 17.0 Å². The lowest BCUT2D eigenvalue weighted by molar-refractivity contribution is 0.141. The minimum absolute atomic E-state index is 0.222. The zero-order valence-electron chi connectivity index (χ0n) is 9.23. The summed E-state index contributed by atoms with van der Waals surface area (Å²) in [5.41, 5.74) is 1.21. The van der Waals surface area contributed by atoms with Crippen molar-refractivity contribution in [2.45, 2.75) is 18.6 Å². The van der Waals surface area contributed by atoms with Crippen LogP contribution in [0.4, 0.5) is 0 Å². The highest BCUT2D eigenvalue weighted by atomic mass is 35.5. The van der Waals surface area contributed by atoms with Gasteiger partial charge in [0.25, 0.3) is 0 Å². The number of benzene rings is 1. The average molecular weight is 228 g/mol. The first-order chi connectivity index (χ1) is 7.15. The molecule has 0 aliphatic rings. The number of aliphatic hydroxyl groups excluding tert-OH is 1. The van der Waals surface area contributed by atoms with Crippen LogP contribution in [-0.2, 0) is 0 Å². The van der Waals surface area contributed by atoms with Crippen molar-refractivity contribution in [3.05, 3.63) is 35.9 Å². The number of hydrogen-bond acceptors (Lipinski definition) is 2. The van der Waals surface area contributed by atoms with E-state index in [0.29, 0.717) is 6.42 Å². The van der Waals surface area contributed by atoms with E-state index in [0.717, 1.165) is 0 Å². The summed E-state index contributed by atoms with van der Waals surface area (Å²) in [6, 6.07) is 10.4. The molecule has 0 radical (unpaired) electrons. The molecule has 1 aromatic carbocycles. The number of rotatable bonds is 5. The van der Waals surface area contributed by atoms with Gasteiger partial charge in [-0.2, -0.15) is 0 Å². The molecular formula is C12H18ClNO. The van der Waals surface area contributed by atoms with Gasteiger partial charge in [0.1, 0.15) is 0 Å². The van der Waals surface area contributed by atoms with Crippen LogP contribution in [0.3, 0.4) is 0 Å². The van der Waals surface area contributed by atoms with Gasteiger partial charge >= 0.3 is 0 Å². The average Bonchev–Trinajstić information content (AvgIpc) is 2.26. The number of aliphatic hydroxyl groups is 1. The lowest BCUT2D eigenvalue weighted by Gasteiger charge is -2.26. The van der Waals surface area contributed by atoms with Gasteiger partial charge in [-0.1, -0.05) is 30.3 Å². The molecular weight excluding hydrogens is 210 g/mol. The van der Waals surface area contributed by atoms with Crippen molar-refractivity contribution >= 4 is 11.6 Å². The van der Waals surface area contributed by atoms with E-state index in [1.807, 2.05) is 32.3 Å². The smallest absolute Gasteiger partial charge is 0.0693 e. The molecule has 0 bridgehead atoms. The minimum atomic E-state index is -0.445. The minimum Gasteiger partial charge on any atom is -0.392 e. The Kier molecular flexibility index (Phi) is 5.09. The summed E-state index contributed by atoms with van der Waals surface area (Å²) in [4.78, 5) is 2.10. The van der Waals surface area contributed by atoms with Crippen LogP contribution in [0.25, 0.3) is 0 Å². The van der Waals surface area contributed by atoms with Crippen molar-refractivity contribution in [2.75, 3.05) is 20.0 Å². The van der Waals surface area contributed by atoms with Gasteiger partial charge in [0.2, 0.25) is 0 Å². The first-order valence-electron chi connectivity index (χ1n) is 5.10. The maximum atomic E-state index is 9.58. The third-order valence-corrected chi connectivity index (χ3v) is 2.84. The van der Waals surface area contributed by atoms with E-state index in [-0.39, 0.29) is 11.9 Å². The highest BCUT2D eigenvalue weighted by Gasteiger charge is 2.17. The lowest BCUT2D eigenvalue weighted by Crippen LogP contribution is -2.25. The van der Waals surface area contributed by atoms with E-state index in [1.165, 1.54) is 5.56 Å². The summed E-state index contributed by atoms with van der Waals surface area (Å²) in [5.74, 6) is 0.289. The fourth-order valence-corrected chi connectivity index (χ4v) is 1.77. The van der Waals surface area contributed by atoms with E-state index in [9.17, 15) is 5.11 Å². The molecule has 0 amide bonds. The molecule has 0 fully saturated rings. The maximum Gasteiger partial charge on any atom is 0.0693 e. The van der Waals surface area contributed by atoms with Gasteiger partial charge in [0.15, 0.2) is 0 Å². The molecule has 0 saturated heterocycles. The van der Waals surface area contributed by atoms with E-state index in [1.54, 1.807) is 0 Å². The molecule has 1 rings (SSSR count). The highest BCUT2D eigenvalue weighted by molar-refractivity contribution is 6.18. The maximum absolute atomic E-state index is 9.58. The summed E-state index contributed by atoms with van der Waals surface area (Å²) >= 11 is 5.62. The predicted octanol–water partition coefficient (Wildman–Crippen LogP) is 2.28. The number of hydrogen-bond donors (Lipinski definition) is 1. The molecule has 2 nitrogen and oxygen atoms in total. The second-order valence-electron chi connectivity index (χ2n) is 3.93. The van der Waals surface area contributed by atoms with Crippen molar-refractivity contribution < 1.29 is 5.11 Å². The van der Waals surface area contributed by atoms with Crippen molar-refractivity contribution in [2.24, 2.45) is 0 Å². The van der Waals surface area contributed by atoms with Crippen molar-refractivity contribution in [1.29, 1.82) is 0 Å². The number of alkyl halides is 1. The Hall–Kier alpha value is -0.570. The van der Waals surface area contributed by atoms with E-state index >= 15 is 0 Å². The molecule has 2 atom stereocenters. The molecule has 1 aromatic rings. The van der Waals surface area contributed by atoms with E-state index in [4.69, 9.17) is 11.6 Å². The Morgan fingerprint density at radius 2 is 1.87 bits per heavy atom. The van der Waals surface area contributed by atoms with Gasteiger partial charge in [0.05, 0.1) is 6.10 Å². The SMILES string of the molecule is CN(C)C(CC(O)CCl)c1ccccc1. The van der Waals surface area contributed by atoms with Crippen LogP contribution in [0.2, 0.25) is 0 Å². The zero-order valence-corrected chi connectivity index (χ0v) is 9.98. The van der Waals surface area contributed by atoms with Crippen molar-refractivity contribution in [1.82, 2.24) is 4.90 Å². The van der Waals surface area contributed by atoms with Crippen LogP contribution >= 0.6 is 11.6 Å². The predicted molar refractivity (Wildman–Crippen MR) is 64.2 cm³/mol. The molecule has 0 saturated carbocycles. The Labute approximate surface area is 96.5 Å². The Morgan fingerprint density at radius 3 is 2.33 bits per heavy atom. The van der Waals surface area contributed by atoms with Crippen LogP contribution in [0.15, 0.2) is 30.3 Å². The fourth-order valence-electron chi connectivity index (χ4n) is 1.64.